The summed E-state index contributed by atoms with van der Waals surface area (Å²) in [6, 6.07) is 13.1. The number of aliphatic carboxylic acids is 1. The summed E-state index contributed by atoms with van der Waals surface area (Å²) in [6.07, 6.45) is -0.0392. The lowest BCUT2D eigenvalue weighted by Gasteiger charge is -2.26. The molecule has 3 amide bonds. The number of carbonyl (C=O) groups excluding carboxylic acids is 3. The molecule has 182 valence electrons. The molecule has 0 saturated carbocycles. The first-order chi connectivity index (χ1) is 16.7. The van der Waals surface area contributed by atoms with Crippen LogP contribution >= 0.6 is 0 Å². The van der Waals surface area contributed by atoms with E-state index in [-0.39, 0.29) is 25.3 Å². The number of amides is 3. The number of carboxylic acids is 1. The molecule has 0 aromatic heterocycles. The molecule has 0 spiro atoms. The molecule has 3 rings (SSSR count). The maximum atomic E-state index is 13.0. The van der Waals surface area contributed by atoms with Gasteiger partial charge in [-0.3, -0.25) is 9.59 Å². The van der Waals surface area contributed by atoms with Crippen molar-refractivity contribution in [2.75, 3.05) is 14.1 Å². The molecule has 1 fully saturated rings. The second-order valence-corrected chi connectivity index (χ2v) is 8.39. The minimum Gasteiger partial charge on any atom is -0.480 e. The third-order valence-corrected chi connectivity index (χ3v) is 5.61. The van der Waals surface area contributed by atoms with Crippen LogP contribution in [0.15, 0.2) is 48.5 Å². The summed E-state index contributed by atoms with van der Waals surface area (Å²) >= 11 is 0. The van der Waals surface area contributed by atoms with Gasteiger partial charge in [-0.2, -0.15) is 5.26 Å². The molecule has 2 aromatic rings. The number of carboxylic acid groups (broad SMARTS) is 1. The van der Waals surface area contributed by atoms with Crippen molar-refractivity contribution in [2.24, 2.45) is 0 Å². The highest BCUT2D eigenvalue weighted by molar-refractivity contribution is 5.93. The van der Waals surface area contributed by atoms with Gasteiger partial charge in [0.25, 0.3) is 0 Å². The largest absolute Gasteiger partial charge is 0.480 e. The number of hydrogen-bond acceptors (Lipinski definition) is 6. The Hall–Kier alpha value is -4.39. The normalized spacial score (nSPS) is 15.7. The van der Waals surface area contributed by atoms with Crippen molar-refractivity contribution < 1.29 is 29.0 Å². The minimum absolute atomic E-state index is 0.0132. The van der Waals surface area contributed by atoms with Gasteiger partial charge in [-0.1, -0.05) is 24.3 Å². The van der Waals surface area contributed by atoms with Gasteiger partial charge in [0, 0.05) is 33.5 Å². The van der Waals surface area contributed by atoms with E-state index in [4.69, 9.17) is 10.00 Å². The lowest BCUT2D eigenvalue weighted by atomic mass is 10.0. The van der Waals surface area contributed by atoms with Crippen molar-refractivity contribution in [3.63, 3.8) is 0 Å². The number of carbonyl (C=O) groups is 4. The van der Waals surface area contributed by atoms with Gasteiger partial charge in [-0.15, -0.1) is 0 Å². The van der Waals surface area contributed by atoms with E-state index in [9.17, 15) is 24.3 Å². The molecular weight excluding hydrogens is 452 g/mol. The maximum absolute atomic E-state index is 13.0. The Morgan fingerprint density at radius 1 is 1.14 bits per heavy atom. The zero-order valence-corrected chi connectivity index (χ0v) is 19.4. The topological polar surface area (TPSA) is 140 Å². The fraction of sp³-hybridized carbons (Fsp3) is 0.320. The number of likely N-dealkylation sites (tertiary alicyclic amines) is 1. The van der Waals surface area contributed by atoms with Crippen LogP contribution < -0.4 is 10.1 Å². The van der Waals surface area contributed by atoms with Crippen LogP contribution in [0, 0.1) is 11.3 Å². The summed E-state index contributed by atoms with van der Waals surface area (Å²) in [7, 11) is 3.11. The second kappa shape index (κ2) is 11.2. The summed E-state index contributed by atoms with van der Waals surface area (Å²) in [5, 5.41) is 21.2. The van der Waals surface area contributed by atoms with Crippen LogP contribution in [0.5, 0.6) is 5.75 Å². The number of hydrogen-bond donors (Lipinski definition) is 2. The average molecular weight is 479 g/mol. The Morgan fingerprint density at radius 3 is 2.34 bits per heavy atom. The third-order valence-electron chi connectivity index (χ3n) is 5.61. The van der Waals surface area contributed by atoms with E-state index in [1.807, 2.05) is 6.07 Å². The van der Waals surface area contributed by atoms with Crippen LogP contribution in [0.25, 0.3) is 0 Å². The van der Waals surface area contributed by atoms with Crippen molar-refractivity contribution >= 4 is 23.9 Å². The van der Waals surface area contributed by atoms with Crippen LogP contribution in [0.2, 0.25) is 0 Å². The summed E-state index contributed by atoms with van der Waals surface area (Å²) < 4.78 is 5.15. The zero-order valence-electron chi connectivity index (χ0n) is 19.4. The number of rotatable bonds is 8. The quantitative estimate of drug-likeness (QED) is 0.591. The van der Waals surface area contributed by atoms with Crippen molar-refractivity contribution in [3.05, 3.63) is 65.2 Å². The SMILES string of the molecule is CN(C)C(=O)Oc1ccc(C[C@H](NC(=O)[C@@H]2CCC(=O)N2Cc2ccc(C#N)cc2)C(=O)O)cc1. The molecule has 10 nitrogen and oxygen atoms in total. The zero-order chi connectivity index (χ0) is 25.5. The predicted molar refractivity (Wildman–Crippen MR) is 124 cm³/mol. The van der Waals surface area contributed by atoms with Crippen molar-refractivity contribution in [2.45, 2.75) is 37.9 Å². The summed E-state index contributed by atoms with van der Waals surface area (Å²) in [5.74, 6) is -1.62. The molecule has 0 bridgehead atoms. The number of nitrogens with zero attached hydrogens (tertiary/aromatic N) is 3. The lowest BCUT2D eigenvalue weighted by molar-refractivity contribution is -0.143. The van der Waals surface area contributed by atoms with E-state index in [1.165, 1.54) is 9.80 Å². The molecule has 1 aliphatic rings. The predicted octanol–water partition coefficient (Wildman–Crippen LogP) is 1.92. The summed E-state index contributed by atoms with van der Waals surface area (Å²) in [5.41, 5.74) is 1.88. The van der Waals surface area contributed by atoms with E-state index < -0.39 is 30.1 Å². The van der Waals surface area contributed by atoms with E-state index in [0.717, 1.165) is 5.56 Å². The van der Waals surface area contributed by atoms with Crippen molar-refractivity contribution in [1.29, 1.82) is 5.26 Å². The number of benzene rings is 2. The highest BCUT2D eigenvalue weighted by Crippen LogP contribution is 2.22. The Bertz CT molecular complexity index is 1140. The van der Waals surface area contributed by atoms with E-state index in [1.54, 1.807) is 62.6 Å². The Kier molecular flexibility index (Phi) is 8.04. The first kappa shape index (κ1) is 25.2. The Morgan fingerprint density at radius 2 is 1.77 bits per heavy atom. The van der Waals surface area contributed by atoms with E-state index in [0.29, 0.717) is 23.3 Å². The first-order valence-electron chi connectivity index (χ1n) is 11.0. The van der Waals surface area contributed by atoms with Gasteiger partial charge in [0.15, 0.2) is 0 Å². The third kappa shape index (κ3) is 6.57. The van der Waals surface area contributed by atoms with E-state index >= 15 is 0 Å². The maximum Gasteiger partial charge on any atom is 0.414 e. The number of nitriles is 1. The van der Waals surface area contributed by atoms with Crippen LogP contribution in [-0.4, -0.2) is 65.0 Å². The molecule has 2 atom stereocenters. The Labute approximate surface area is 202 Å². The summed E-state index contributed by atoms with van der Waals surface area (Å²) in [6.45, 7) is 0.188. The van der Waals surface area contributed by atoms with Crippen LogP contribution in [0.1, 0.15) is 29.5 Å². The standard InChI is InChI=1S/C25H26N4O6/c1-28(2)25(34)35-19-9-7-16(8-10-19)13-20(24(32)33)27-23(31)21-11-12-22(30)29(21)15-18-5-3-17(14-26)4-6-18/h3-10,20-21H,11-13,15H2,1-2H3,(H,27,31)(H,32,33)/t20-,21-/m0/s1. The van der Waals surface area contributed by atoms with E-state index in [2.05, 4.69) is 5.32 Å². The van der Waals surface area contributed by atoms with Crippen molar-refractivity contribution in [3.8, 4) is 11.8 Å². The molecule has 0 radical (unpaired) electrons. The molecule has 0 unspecified atom stereocenters. The highest BCUT2D eigenvalue weighted by Gasteiger charge is 2.37. The second-order valence-electron chi connectivity index (χ2n) is 8.39. The van der Waals surface area contributed by atoms with Gasteiger partial charge in [0.1, 0.15) is 17.8 Å². The Balaban J connectivity index is 1.65. The van der Waals surface area contributed by atoms with Crippen LogP contribution in [0.3, 0.4) is 0 Å². The molecule has 1 aliphatic heterocycles. The molecule has 2 N–H and O–H groups in total. The minimum atomic E-state index is -1.20. The molecule has 2 aromatic carbocycles. The lowest BCUT2D eigenvalue weighted by Crippen LogP contribution is -2.50. The van der Waals surface area contributed by atoms with Crippen LogP contribution in [0.4, 0.5) is 4.79 Å². The molecule has 1 saturated heterocycles. The fourth-order valence-electron chi connectivity index (χ4n) is 3.68. The summed E-state index contributed by atoms with van der Waals surface area (Å²) in [4.78, 5) is 51.6. The molecule has 10 heteroatoms. The van der Waals surface area contributed by atoms with Gasteiger partial charge in [0.2, 0.25) is 11.8 Å². The number of ether oxygens (including phenoxy) is 1. The molecule has 0 aliphatic carbocycles. The molecule has 35 heavy (non-hydrogen) atoms. The van der Waals surface area contributed by atoms with Crippen molar-refractivity contribution in [1.82, 2.24) is 15.1 Å². The van der Waals surface area contributed by atoms with Crippen LogP contribution in [-0.2, 0) is 27.3 Å². The highest BCUT2D eigenvalue weighted by atomic mass is 16.6. The average Bonchev–Trinajstić information content (AvgIpc) is 3.20. The van der Waals surface area contributed by atoms with Gasteiger partial charge in [0.05, 0.1) is 11.6 Å². The molecular formula is C25H26N4O6. The monoisotopic (exact) mass is 478 g/mol. The smallest absolute Gasteiger partial charge is 0.414 e. The number of nitrogens with one attached hydrogen (secondary N) is 1. The van der Waals surface area contributed by atoms with Gasteiger partial charge in [-0.05, 0) is 41.8 Å². The molecule has 1 heterocycles. The fourth-order valence-corrected chi connectivity index (χ4v) is 3.68. The van der Waals surface area contributed by atoms with Gasteiger partial charge >= 0.3 is 12.1 Å². The first-order valence-corrected chi connectivity index (χ1v) is 11.0. The van der Waals surface area contributed by atoms with Gasteiger partial charge < -0.3 is 25.0 Å². The van der Waals surface area contributed by atoms with Gasteiger partial charge in [-0.25, -0.2) is 9.59 Å².